The molecule has 1 atom stereocenters. The van der Waals surface area contributed by atoms with E-state index in [-0.39, 0.29) is 18.1 Å². The molecule has 1 saturated heterocycles. The van der Waals surface area contributed by atoms with Crippen molar-refractivity contribution in [2.75, 3.05) is 18.3 Å². The summed E-state index contributed by atoms with van der Waals surface area (Å²) in [7, 11) is 0. The van der Waals surface area contributed by atoms with Gasteiger partial charge in [-0.1, -0.05) is 38.1 Å². The Hall–Kier alpha value is -4.26. The Bertz CT molecular complexity index is 1440. The highest BCUT2D eigenvalue weighted by Gasteiger charge is 2.47. The van der Waals surface area contributed by atoms with Crippen molar-refractivity contribution in [1.82, 2.24) is 0 Å². The van der Waals surface area contributed by atoms with Crippen LogP contribution in [0.1, 0.15) is 54.5 Å². The molecular formula is C30H27NO6. The predicted molar refractivity (Wildman–Crippen MR) is 138 cm³/mol. The molecule has 1 N–H and O–H groups in total. The minimum absolute atomic E-state index is 0.0524. The van der Waals surface area contributed by atoms with Crippen molar-refractivity contribution in [3.8, 4) is 17.2 Å². The molecule has 188 valence electrons. The van der Waals surface area contributed by atoms with Crippen LogP contribution in [0.15, 0.2) is 66.2 Å². The average Bonchev–Trinajstić information content (AvgIpc) is 3.49. The normalized spacial score (nSPS) is 19.8. The molecule has 0 radical (unpaired) electrons. The summed E-state index contributed by atoms with van der Waals surface area (Å²) in [6, 6.07) is 17.5. The third-order valence-electron chi connectivity index (χ3n) is 7.18. The largest absolute Gasteiger partial charge is 0.507 e. The lowest BCUT2D eigenvalue weighted by atomic mass is 9.92. The van der Waals surface area contributed by atoms with E-state index in [2.05, 4.69) is 13.8 Å². The minimum atomic E-state index is -0.811. The van der Waals surface area contributed by atoms with Crippen molar-refractivity contribution >= 4 is 23.1 Å². The predicted octanol–water partition coefficient (Wildman–Crippen LogP) is 5.49. The number of aryl methyl sites for hydroxylation is 1. The topological polar surface area (TPSA) is 85.3 Å². The molecule has 3 heterocycles. The van der Waals surface area contributed by atoms with Crippen LogP contribution >= 0.6 is 0 Å². The van der Waals surface area contributed by atoms with Crippen molar-refractivity contribution in [3.05, 3.63) is 88.5 Å². The zero-order chi connectivity index (χ0) is 25.7. The number of carbonyl (C=O) groups excluding carboxylic acids is 2. The molecule has 37 heavy (non-hydrogen) atoms. The van der Waals surface area contributed by atoms with Gasteiger partial charge in [-0.2, -0.15) is 0 Å². The molecule has 7 heteroatoms. The third-order valence-corrected chi connectivity index (χ3v) is 7.18. The van der Waals surface area contributed by atoms with Crippen LogP contribution in [0.3, 0.4) is 0 Å². The van der Waals surface area contributed by atoms with Crippen LogP contribution in [0, 0.1) is 0 Å². The fourth-order valence-corrected chi connectivity index (χ4v) is 5.18. The number of fused-ring (bicyclic) bond motifs is 2. The van der Waals surface area contributed by atoms with Gasteiger partial charge in [0.2, 0.25) is 6.79 Å². The summed E-state index contributed by atoms with van der Waals surface area (Å²) in [5, 5.41) is 11.5. The Labute approximate surface area is 214 Å². The van der Waals surface area contributed by atoms with Crippen LogP contribution in [-0.2, 0) is 16.0 Å². The number of amides is 1. The lowest BCUT2D eigenvalue weighted by Crippen LogP contribution is -2.29. The van der Waals surface area contributed by atoms with Gasteiger partial charge in [-0.3, -0.25) is 14.5 Å². The lowest BCUT2D eigenvalue weighted by Gasteiger charge is -2.26. The maximum Gasteiger partial charge on any atom is 0.300 e. The molecule has 0 bridgehead atoms. The first-order valence-corrected chi connectivity index (χ1v) is 12.5. The molecule has 0 saturated carbocycles. The Morgan fingerprint density at radius 1 is 0.919 bits per heavy atom. The van der Waals surface area contributed by atoms with E-state index < -0.39 is 17.7 Å². The van der Waals surface area contributed by atoms with Gasteiger partial charge in [0, 0.05) is 17.3 Å². The van der Waals surface area contributed by atoms with E-state index in [1.807, 2.05) is 36.4 Å². The fourth-order valence-electron chi connectivity index (χ4n) is 5.18. The standard InChI is InChI=1S/C30H27NO6/c1-17(2)18-5-7-19(8-6-18)27-26(28(32)21-9-11-23-20(14-21)4-3-13-35-23)29(33)30(34)31(27)22-10-12-24-25(15-22)37-16-36-24/h5-12,14-15,17,27,32H,3-4,13,16H2,1-2H3/b28-26-. The number of hydrogen-bond donors (Lipinski definition) is 1. The summed E-state index contributed by atoms with van der Waals surface area (Å²) in [6.45, 7) is 4.96. The van der Waals surface area contributed by atoms with Crippen LogP contribution in [0.25, 0.3) is 5.76 Å². The molecule has 3 aliphatic heterocycles. The molecule has 1 unspecified atom stereocenters. The van der Waals surface area contributed by atoms with Crippen LogP contribution in [-0.4, -0.2) is 30.2 Å². The summed E-state index contributed by atoms with van der Waals surface area (Å²) in [5.41, 5.74) is 3.86. The monoisotopic (exact) mass is 497 g/mol. The maximum absolute atomic E-state index is 13.5. The molecule has 6 rings (SSSR count). The fraction of sp³-hybridized carbons (Fsp3) is 0.267. The number of ketones is 1. The number of benzene rings is 3. The van der Waals surface area contributed by atoms with Crippen LogP contribution in [0.2, 0.25) is 0 Å². The van der Waals surface area contributed by atoms with Crippen LogP contribution < -0.4 is 19.1 Å². The highest BCUT2D eigenvalue weighted by Crippen LogP contribution is 2.45. The lowest BCUT2D eigenvalue weighted by molar-refractivity contribution is -0.132. The number of carbonyl (C=O) groups is 2. The van der Waals surface area contributed by atoms with E-state index in [9.17, 15) is 14.7 Å². The SMILES string of the molecule is CC(C)c1ccc(C2/C(=C(/O)c3ccc4c(c3)CCCO4)C(=O)C(=O)N2c2ccc3c(c2)OCO3)cc1. The summed E-state index contributed by atoms with van der Waals surface area (Å²) in [6.07, 6.45) is 1.70. The summed E-state index contributed by atoms with van der Waals surface area (Å²) < 4.78 is 16.6. The second kappa shape index (κ2) is 9.00. The van der Waals surface area contributed by atoms with Crippen LogP contribution in [0.5, 0.6) is 17.2 Å². The number of aliphatic hydroxyl groups excluding tert-OH is 1. The first kappa shape index (κ1) is 23.2. The zero-order valence-corrected chi connectivity index (χ0v) is 20.7. The Balaban J connectivity index is 1.51. The molecular weight excluding hydrogens is 470 g/mol. The van der Waals surface area contributed by atoms with E-state index in [1.165, 1.54) is 4.90 Å². The maximum atomic E-state index is 13.5. The molecule has 0 aromatic heterocycles. The van der Waals surface area contributed by atoms with Crippen molar-refractivity contribution in [1.29, 1.82) is 0 Å². The first-order chi connectivity index (χ1) is 17.9. The molecule has 3 aromatic carbocycles. The summed E-state index contributed by atoms with van der Waals surface area (Å²) >= 11 is 0. The van der Waals surface area contributed by atoms with Gasteiger partial charge >= 0.3 is 0 Å². The van der Waals surface area contributed by atoms with Crippen molar-refractivity contribution in [2.24, 2.45) is 0 Å². The van der Waals surface area contributed by atoms with Crippen molar-refractivity contribution in [3.63, 3.8) is 0 Å². The van der Waals surface area contributed by atoms with Crippen LogP contribution in [0.4, 0.5) is 5.69 Å². The van der Waals surface area contributed by atoms with Gasteiger partial charge in [-0.15, -0.1) is 0 Å². The van der Waals surface area contributed by atoms with Crippen molar-refractivity contribution in [2.45, 2.75) is 38.6 Å². The molecule has 1 fully saturated rings. The summed E-state index contributed by atoms with van der Waals surface area (Å²) in [5.74, 6) is 0.545. The van der Waals surface area contributed by atoms with E-state index in [1.54, 1.807) is 24.3 Å². The van der Waals surface area contributed by atoms with Crippen molar-refractivity contribution < 1.29 is 28.9 Å². The molecule has 1 amide bonds. The van der Waals surface area contributed by atoms with Gasteiger partial charge < -0.3 is 19.3 Å². The number of anilines is 1. The molecule has 7 nitrogen and oxygen atoms in total. The van der Waals surface area contributed by atoms with Gasteiger partial charge in [0.05, 0.1) is 18.2 Å². The number of rotatable bonds is 4. The number of nitrogens with zero attached hydrogens (tertiary/aromatic N) is 1. The Morgan fingerprint density at radius 2 is 1.68 bits per heavy atom. The van der Waals surface area contributed by atoms with Gasteiger partial charge in [0.25, 0.3) is 11.7 Å². The van der Waals surface area contributed by atoms with Gasteiger partial charge in [-0.25, -0.2) is 0 Å². The Kier molecular flexibility index (Phi) is 5.63. The smallest absolute Gasteiger partial charge is 0.300 e. The minimum Gasteiger partial charge on any atom is -0.507 e. The first-order valence-electron chi connectivity index (χ1n) is 12.5. The molecule has 3 aromatic rings. The number of hydrogen-bond acceptors (Lipinski definition) is 6. The highest BCUT2D eigenvalue weighted by atomic mass is 16.7. The highest BCUT2D eigenvalue weighted by molar-refractivity contribution is 6.51. The second-order valence-corrected chi connectivity index (χ2v) is 9.80. The van der Waals surface area contributed by atoms with E-state index in [0.717, 1.165) is 35.3 Å². The zero-order valence-electron chi connectivity index (χ0n) is 20.7. The van der Waals surface area contributed by atoms with E-state index in [0.29, 0.717) is 35.3 Å². The average molecular weight is 498 g/mol. The van der Waals surface area contributed by atoms with E-state index >= 15 is 0 Å². The summed E-state index contributed by atoms with van der Waals surface area (Å²) in [4.78, 5) is 28.4. The van der Waals surface area contributed by atoms with Gasteiger partial charge in [0.15, 0.2) is 11.5 Å². The number of aliphatic hydroxyl groups is 1. The van der Waals surface area contributed by atoms with Gasteiger partial charge in [-0.05, 0) is 65.8 Å². The Morgan fingerprint density at radius 3 is 2.46 bits per heavy atom. The van der Waals surface area contributed by atoms with E-state index in [4.69, 9.17) is 14.2 Å². The molecule has 3 aliphatic rings. The molecule has 0 spiro atoms. The third kappa shape index (κ3) is 3.91. The second-order valence-electron chi connectivity index (χ2n) is 9.80. The number of Topliss-reactive ketones (excluding diaryl/α,β-unsaturated/α-hetero) is 1. The quantitative estimate of drug-likeness (QED) is 0.292. The number of ether oxygens (including phenoxy) is 3. The van der Waals surface area contributed by atoms with Gasteiger partial charge in [0.1, 0.15) is 11.5 Å². The molecule has 0 aliphatic carbocycles.